The van der Waals surface area contributed by atoms with Gasteiger partial charge in [-0.05, 0) is 33.2 Å². The number of nitrogens with zero attached hydrogens (tertiary/aromatic N) is 3. The zero-order valence-corrected chi connectivity index (χ0v) is 13.1. The summed E-state index contributed by atoms with van der Waals surface area (Å²) < 4.78 is 0. The normalized spacial score (nSPS) is 22.7. The van der Waals surface area contributed by atoms with Gasteiger partial charge in [-0.1, -0.05) is 13.8 Å². The van der Waals surface area contributed by atoms with Crippen LogP contribution in [-0.4, -0.2) is 60.6 Å². The molecule has 110 valence electrons. The quantitative estimate of drug-likeness (QED) is 0.761. The Kier molecular flexibility index (Phi) is 6.78. The largest absolute Gasteiger partial charge is 0.299 e. The summed E-state index contributed by atoms with van der Waals surface area (Å²) in [5, 5.41) is 12.7. The smallest absolute Gasteiger partial charge is 0.116 e. The van der Waals surface area contributed by atoms with Crippen molar-refractivity contribution in [2.45, 2.75) is 52.1 Å². The molecule has 1 aliphatic heterocycles. The fraction of sp³-hybridized carbons (Fsp3) is 0.933. The van der Waals surface area contributed by atoms with Crippen molar-refractivity contribution in [1.29, 1.82) is 5.26 Å². The zero-order valence-electron chi connectivity index (χ0n) is 13.1. The monoisotopic (exact) mass is 266 g/mol. The Bertz CT molecular complexity index is 291. The molecular formula is C15H30N4. The van der Waals surface area contributed by atoms with Gasteiger partial charge >= 0.3 is 0 Å². The molecule has 4 nitrogen and oxygen atoms in total. The molecule has 1 saturated heterocycles. The van der Waals surface area contributed by atoms with E-state index in [9.17, 15) is 5.26 Å². The number of piperazine rings is 1. The second-order valence-corrected chi connectivity index (χ2v) is 5.94. The predicted octanol–water partition coefficient (Wildman–Crippen LogP) is 1.68. The van der Waals surface area contributed by atoms with E-state index in [4.69, 9.17) is 0 Å². The lowest BCUT2D eigenvalue weighted by Gasteiger charge is -2.40. The first-order valence-electron chi connectivity index (χ1n) is 7.67. The van der Waals surface area contributed by atoms with Gasteiger partial charge in [0.15, 0.2) is 0 Å². The Balaban J connectivity index is 2.41. The van der Waals surface area contributed by atoms with Crippen LogP contribution < -0.4 is 5.32 Å². The van der Waals surface area contributed by atoms with E-state index in [-0.39, 0.29) is 0 Å². The van der Waals surface area contributed by atoms with Crippen molar-refractivity contribution in [3.63, 3.8) is 0 Å². The van der Waals surface area contributed by atoms with Crippen LogP contribution in [0, 0.1) is 11.3 Å². The summed E-state index contributed by atoms with van der Waals surface area (Å²) in [6, 6.07) is 3.12. The molecule has 0 amide bonds. The second kappa shape index (κ2) is 7.84. The van der Waals surface area contributed by atoms with E-state index in [1.54, 1.807) is 0 Å². The fourth-order valence-corrected chi connectivity index (χ4v) is 2.60. The molecule has 0 aromatic rings. The zero-order chi connectivity index (χ0) is 14.3. The first-order chi connectivity index (χ1) is 9.04. The highest BCUT2D eigenvalue weighted by Gasteiger charge is 2.28. The van der Waals surface area contributed by atoms with E-state index in [0.717, 1.165) is 45.7 Å². The average molecular weight is 266 g/mol. The minimum absolute atomic E-state index is 0.408. The number of nitrogens with one attached hydrogen (secondary N) is 1. The van der Waals surface area contributed by atoms with Crippen molar-refractivity contribution in [3.8, 4) is 6.07 Å². The van der Waals surface area contributed by atoms with Gasteiger partial charge in [0.05, 0.1) is 6.07 Å². The van der Waals surface area contributed by atoms with Crippen LogP contribution in [0.4, 0.5) is 0 Å². The molecule has 0 aromatic heterocycles. The SMILES string of the molecule is CCCNC(C)(C#N)CN1CCN(C(C)CC)CC1. The summed E-state index contributed by atoms with van der Waals surface area (Å²) in [7, 11) is 0. The molecule has 1 heterocycles. The first-order valence-corrected chi connectivity index (χ1v) is 7.67. The molecule has 0 bridgehead atoms. The molecule has 1 aliphatic rings. The van der Waals surface area contributed by atoms with Gasteiger partial charge in [0, 0.05) is 38.8 Å². The molecule has 4 heteroatoms. The van der Waals surface area contributed by atoms with Crippen LogP contribution in [0.2, 0.25) is 0 Å². The predicted molar refractivity (Wildman–Crippen MR) is 80.1 cm³/mol. The third kappa shape index (κ3) is 5.10. The number of hydrogen-bond donors (Lipinski definition) is 1. The van der Waals surface area contributed by atoms with Crippen molar-refractivity contribution in [2.75, 3.05) is 39.3 Å². The van der Waals surface area contributed by atoms with Gasteiger partial charge < -0.3 is 0 Å². The van der Waals surface area contributed by atoms with E-state index >= 15 is 0 Å². The van der Waals surface area contributed by atoms with Crippen molar-refractivity contribution >= 4 is 0 Å². The summed E-state index contributed by atoms with van der Waals surface area (Å²) in [5.41, 5.74) is -0.408. The third-order valence-electron chi connectivity index (χ3n) is 4.17. The molecular weight excluding hydrogens is 236 g/mol. The maximum Gasteiger partial charge on any atom is 0.116 e. The van der Waals surface area contributed by atoms with E-state index in [2.05, 4.69) is 42.0 Å². The van der Waals surface area contributed by atoms with Gasteiger partial charge in [-0.15, -0.1) is 0 Å². The molecule has 0 aliphatic carbocycles. The van der Waals surface area contributed by atoms with Crippen LogP contribution in [0.5, 0.6) is 0 Å². The molecule has 1 N–H and O–H groups in total. The summed E-state index contributed by atoms with van der Waals surface area (Å²) in [5.74, 6) is 0. The lowest BCUT2D eigenvalue weighted by Crippen LogP contribution is -2.56. The molecule has 0 spiro atoms. The number of nitriles is 1. The van der Waals surface area contributed by atoms with E-state index in [0.29, 0.717) is 6.04 Å². The minimum atomic E-state index is -0.408. The molecule has 2 unspecified atom stereocenters. The highest BCUT2D eigenvalue weighted by molar-refractivity contribution is 5.06. The molecule has 0 radical (unpaired) electrons. The van der Waals surface area contributed by atoms with Crippen LogP contribution in [0.3, 0.4) is 0 Å². The van der Waals surface area contributed by atoms with Crippen molar-refractivity contribution in [2.24, 2.45) is 0 Å². The Morgan fingerprint density at radius 1 is 1.26 bits per heavy atom. The van der Waals surface area contributed by atoms with Crippen LogP contribution in [0.25, 0.3) is 0 Å². The summed E-state index contributed by atoms with van der Waals surface area (Å²) >= 11 is 0. The molecule has 0 aromatic carbocycles. The molecule has 2 atom stereocenters. The highest BCUT2D eigenvalue weighted by atomic mass is 15.3. The topological polar surface area (TPSA) is 42.3 Å². The summed E-state index contributed by atoms with van der Waals surface area (Å²) in [6.07, 6.45) is 2.28. The average Bonchev–Trinajstić information content (AvgIpc) is 2.45. The minimum Gasteiger partial charge on any atom is -0.299 e. The lowest BCUT2D eigenvalue weighted by molar-refractivity contribution is 0.0886. The molecule has 19 heavy (non-hydrogen) atoms. The van der Waals surface area contributed by atoms with Crippen LogP contribution in [0.15, 0.2) is 0 Å². The molecule has 0 saturated carbocycles. The van der Waals surface area contributed by atoms with Gasteiger partial charge in [0.25, 0.3) is 0 Å². The number of rotatable bonds is 7. The van der Waals surface area contributed by atoms with Gasteiger partial charge in [-0.2, -0.15) is 5.26 Å². The van der Waals surface area contributed by atoms with E-state index < -0.39 is 5.54 Å². The maximum absolute atomic E-state index is 9.37. The van der Waals surface area contributed by atoms with E-state index in [1.807, 2.05) is 6.92 Å². The highest BCUT2D eigenvalue weighted by Crippen LogP contribution is 2.12. The van der Waals surface area contributed by atoms with Crippen LogP contribution in [-0.2, 0) is 0 Å². The molecule has 1 rings (SSSR count). The maximum atomic E-state index is 9.37. The van der Waals surface area contributed by atoms with Crippen molar-refractivity contribution in [1.82, 2.24) is 15.1 Å². The van der Waals surface area contributed by atoms with Gasteiger partial charge in [-0.3, -0.25) is 15.1 Å². The fourth-order valence-electron chi connectivity index (χ4n) is 2.60. The Labute approximate surface area is 118 Å². The Morgan fingerprint density at radius 3 is 2.37 bits per heavy atom. The van der Waals surface area contributed by atoms with Crippen LogP contribution >= 0.6 is 0 Å². The lowest BCUT2D eigenvalue weighted by atomic mass is 10.0. The van der Waals surface area contributed by atoms with Gasteiger partial charge in [0.2, 0.25) is 0 Å². The van der Waals surface area contributed by atoms with Crippen molar-refractivity contribution < 1.29 is 0 Å². The molecule has 1 fully saturated rings. The Hall–Kier alpha value is -0.630. The summed E-state index contributed by atoms with van der Waals surface area (Å²) in [4.78, 5) is 4.98. The summed E-state index contributed by atoms with van der Waals surface area (Å²) in [6.45, 7) is 14.9. The van der Waals surface area contributed by atoms with E-state index in [1.165, 1.54) is 6.42 Å². The first kappa shape index (κ1) is 16.4. The second-order valence-electron chi connectivity index (χ2n) is 5.94. The van der Waals surface area contributed by atoms with Gasteiger partial charge in [0.1, 0.15) is 5.54 Å². The Morgan fingerprint density at radius 2 is 1.89 bits per heavy atom. The number of hydrogen-bond acceptors (Lipinski definition) is 4. The van der Waals surface area contributed by atoms with Crippen molar-refractivity contribution in [3.05, 3.63) is 0 Å². The van der Waals surface area contributed by atoms with Crippen LogP contribution in [0.1, 0.15) is 40.5 Å². The standard InChI is InChI=1S/C15H30N4/c1-5-7-17-15(4,12-16)13-18-8-10-19(11-9-18)14(3)6-2/h14,17H,5-11,13H2,1-4H3. The third-order valence-corrected chi connectivity index (χ3v) is 4.17. The van der Waals surface area contributed by atoms with Gasteiger partial charge in [-0.25, -0.2) is 0 Å².